The van der Waals surface area contributed by atoms with Gasteiger partial charge in [-0.25, -0.2) is 9.59 Å². The molecule has 3 atom stereocenters. The average Bonchev–Trinajstić information content (AvgIpc) is 3.13. The van der Waals surface area contributed by atoms with E-state index < -0.39 is 6.09 Å². The number of nitrogens with zero attached hydrogens (tertiary/aromatic N) is 2. The van der Waals surface area contributed by atoms with Crippen molar-refractivity contribution >= 4 is 12.1 Å². The van der Waals surface area contributed by atoms with Gasteiger partial charge in [0.25, 0.3) is 0 Å². The molecule has 3 amide bonds. The molecule has 2 spiro atoms. The van der Waals surface area contributed by atoms with Gasteiger partial charge in [-0.05, 0) is 37.0 Å². The van der Waals surface area contributed by atoms with E-state index in [2.05, 4.69) is 22.5 Å². The molecule has 0 bridgehead atoms. The Kier molecular flexibility index (Phi) is 3.67. The highest BCUT2D eigenvalue weighted by atomic mass is 16.4. The molecule has 7 nitrogen and oxygen atoms in total. The van der Waals surface area contributed by atoms with Crippen molar-refractivity contribution < 1.29 is 14.7 Å². The normalized spacial score (nSPS) is 38.2. The van der Waals surface area contributed by atoms with Gasteiger partial charge < -0.3 is 20.6 Å². The van der Waals surface area contributed by atoms with Gasteiger partial charge in [0, 0.05) is 38.8 Å². The number of hydrogen-bond donors (Lipinski definition) is 3. The molecule has 3 saturated heterocycles. The van der Waals surface area contributed by atoms with Crippen molar-refractivity contribution in [2.24, 2.45) is 11.3 Å². The van der Waals surface area contributed by atoms with E-state index in [1.54, 1.807) is 4.90 Å². The monoisotopic (exact) mass is 336 g/mol. The SMILES string of the molecule is CCC1C(N2CCC3(CC2)CNC(=O)N3)CC12CCN(C(=O)O)C2. The zero-order chi connectivity index (χ0) is 16.9. The van der Waals surface area contributed by atoms with E-state index in [-0.39, 0.29) is 17.0 Å². The van der Waals surface area contributed by atoms with Gasteiger partial charge in [0.15, 0.2) is 0 Å². The summed E-state index contributed by atoms with van der Waals surface area (Å²) in [6.07, 6.45) is 4.52. The number of carbonyl (C=O) groups excluding carboxylic acids is 1. The first kappa shape index (κ1) is 16.0. The van der Waals surface area contributed by atoms with E-state index in [4.69, 9.17) is 0 Å². The largest absolute Gasteiger partial charge is 0.465 e. The van der Waals surface area contributed by atoms with Gasteiger partial charge in [-0.1, -0.05) is 13.3 Å². The number of piperidine rings is 1. The van der Waals surface area contributed by atoms with Crippen LogP contribution in [0.4, 0.5) is 9.59 Å². The second-order valence-corrected chi connectivity index (χ2v) is 8.23. The Morgan fingerprint density at radius 1 is 1.29 bits per heavy atom. The van der Waals surface area contributed by atoms with Crippen molar-refractivity contribution in [1.82, 2.24) is 20.4 Å². The minimum Gasteiger partial charge on any atom is -0.465 e. The molecule has 3 unspecified atom stereocenters. The number of rotatable bonds is 2. The molecule has 134 valence electrons. The highest BCUT2D eigenvalue weighted by Gasteiger charge is 2.58. The second-order valence-electron chi connectivity index (χ2n) is 8.23. The number of hydrogen-bond acceptors (Lipinski definition) is 3. The lowest BCUT2D eigenvalue weighted by atomic mass is 9.54. The summed E-state index contributed by atoms with van der Waals surface area (Å²) in [5.74, 6) is 0.604. The van der Waals surface area contributed by atoms with Gasteiger partial charge in [-0.15, -0.1) is 0 Å². The van der Waals surface area contributed by atoms with Crippen LogP contribution in [0.2, 0.25) is 0 Å². The maximum absolute atomic E-state index is 11.5. The van der Waals surface area contributed by atoms with Crippen LogP contribution in [-0.4, -0.2) is 71.3 Å². The fraction of sp³-hybridized carbons (Fsp3) is 0.882. The molecule has 1 aliphatic carbocycles. The highest BCUT2D eigenvalue weighted by molar-refractivity contribution is 5.77. The predicted octanol–water partition coefficient (Wildman–Crippen LogP) is 1.30. The van der Waals surface area contributed by atoms with Gasteiger partial charge >= 0.3 is 12.1 Å². The van der Waals surface area contributed by atoms with E-state index in [1.165, 1.54) is 0 Å². The zero-order valence-corrected chi connectivity index (χ0v) is 14.4. The minimum absolute atomic E-state index is 0.0304. The van der Waals surface area contributed by atoms with Crippen LogP contribution in [0.5, 0.6) is 0 Å². The average molecular weight is 336 g/mol. The number of amides is 3. The van der Waals surface area contributed by atoms with Gasteiger partial charge in [0.05, 0.1) is 5.54 Å². The number of carbonyl (C=O) groups is 2. The molecular weight excluding hydrogens is 308 g/mol. The van der Waals surface area contributed by atoms with Crippen LogP contribution in [0, 0.1) is 11.3 Å². The standard InChI is InChI=1S/C17H28N4O3/c1-2-12-13(9-16(12)3-6-21(11-16)15(23)24)20-7-4-17(5-8-20)10-18-14(22)19-17/h12-13H,2-11H2,1H3,(H,23,24)(H2,18,19,22). The summed E-state index contributed by atoms with van der Waals surface area (Å²) < 4.78 is 0. The van der Waals surface area contributed by atoms with Crippen LogP contribution < -0.4 is 10.6 Å². The van der Waals surface area contributed by atoms with E-state index in [1.807, 2.05) is 0 Å². The summed E-state index contributed by atoms with van der Waals surface area (Å²) in [5.41, 5.74) is 0.181. The fourth-order valence-corrected chi connectivity index (χ4v) is 5.74. The van der Waals surface area contributed by atoms with Crippen LogP contribution in [0.15, 0.2) is 0 Å². The van der Waals surface area contributed by atoms with E-state index in [0.717, 1.165) is 58.3 Å². The maximum atomic E-state index is 11.5. The van der Waals surface area contributed by atoms with Crippen molar-refractivity contribution in [3.63, 3.8) is 0 Å². The molecule has 4 aliphatic rings. The molecular formula is C17H28N4O3. The van der Waals surface area contributed by atoms with E-state index in [0.29, 0.717) is 18.5 Å². The molecule has 4 rings (SSSR count). The van der Waals surface area contributed by atoms with Crippen LogP contribution >= 0.6 is 0 Å². The highest BCUT2D eigenvalue weighted by Crippen LogP contribution is 2.56. The molecule has 0 aromatic heterocycles. The number of urea groups is 1. The quantitative estimate of drug-likeness (QED) is 0.710. The fourth-order valence-electron chi connectivity index (χ4n) is 5.74. The first-order valence-electron chi connectivity index (χ1n) is 9.25. The smallest absolute Gasteiger partial charge is 0.407 e. The maximum Gasteiger partial charge on any atom is 0.407 e. The summed E-state index contributed by atoms with van der Waals surface area (Å²) in [7, 11) is 0. The Morgan fingerprint density at radius 3 is 2.58 bits per heavy atom. The third-order valence-corrected chi connectivity index (χ3v) is 7.15. The van der Waals surface area contributed by atoms with Crippen molar-refractivity contribution in [2.75, 3.05) is 32.7 Å². The third kappa shape index (κ3) is 2.36. The van der Waals surface area contributed by atoms with Crippen LogP contribution in [0.1, 0.15) is 39.0 Å². The van der Waals surface area contributed by atoms with Gasteiger partial charge in [0.1, 0.15) is 0 Å². The lowest BCUT2D eigenvalue weighted by Crippen LogP contribution is -2.63. The third-order valence-electron chi connectivity index (χ3n) is 7.15. The Morgan fingerprint density at radius 2 is 2.04 bits per heavy atom. The van der Waals surface area contributed by atoms with Crippen LogP contribution in [0.25, 0.3) is 0 Å². The Labute approximate surface area is 142 Å². The summed E-state index contributed by atoms with van der Waals surface area (Å²) in [4.78, 5) is 26.9. The summed E-state index contributed by atoms with van der Waals surface area (Å²) in [6.45, 7) is 6.46. The number of nitrogens with one attached hydrogen (secondary N) is 2. The van der Waals surface area contributed by atoms with E-state index >= 15 is 0 Å². The molecule has 24 heavy (non-hydrogen) atoms. The Bertz CT molecular complexity index is 546. The van der Waals surface area contributed by atoms with E-state index in [9.17, 15) is 14.7 Å². The van der Waals surface area contributed by atoms with Crippen molar-refractivity contribution in [2.45, 2.75) is 50.6 Å². The van der Waals surface area contributed by atoms with Crippen molar-refractivity contribution in [3.8, 4) is 0 Å². The molecule has 3 aliphatic heterocycles. The van der Waals surface area contributed by atoms with Gasteiger partial charge in [-0.3, -0.25) is 4.90 Å². The molecule has 7 heteroatoms. The molecule has 0 aromatic carbocycles. The Hall–Kier alpha value is -1.50. The van der Waals surface area contributed by atoms with Crippen LogP contribution in [-0.2, 0) is 0 Å². The molecule has 3 N–H and O–H groups in total. The second kappa shape index (κ2) is 5.51. The number of carboxylic acid groups (broad SMARTS) is 1. The molecule has 0 aromatic rings. The molecule has 3 heterocycles. The lowest BCUT2D eigenvalue weighted by molar-refractivity contribution is -0.0817. The molecule has 4 fully saturated rings. The van der Waals surface area contributed by atoms with Gasteiger partial charge in [-0.2, -0.15) is 0 Å². The zero-order valence-electron chi connectivity index (χ0n) is 14.4. The van der Waals surface area contributed by atoms with Crippen molar-refractivity contribution in [3.05, 3.63) is 0 Å². The van der Waals surface area contributed by atoms with Crippen molar-refractivity contribution in [1.29, 1.82) is 0 Å². The lowest BCUT2D eigenvalue weighted by Gasteiger charge is -2.58. The summed E-state index contributed by atoms with van der Waals surface area (Å²) in [5, 5.41) is 15.3. The molecule has 1 saturated carbocycles. The topological polar surface area (TPSA) is 84.9 Å². The first-order valence-corrected chi connectivity index (χ1v) is 9.25. The number of likely N-dealkylation sites (tertiary alicyclic amines) is 2. The Balaban J connectivity index is 1.37. The molecule has 0 radical (unpaired) electrons. The van der Waals surface area contributed by atoms with Crippen LogP contribution in [0.3, 0.4) is 0 Å². The first-order chi connectivity index (χ1) is 11.5. The minimum atomic E-state index is -0.769. The summed E-state index contributed by atoms with van der Waals surface area (Å²) >= 11 is 0. The summed E-state index contributed by atoms with van der Waals surface area (Å²) in [6, 6.07) is 0.559. The van der Waals surface area contributed by atoms with Gasteiger partial charge in [0.2, 0.25) is 0 Å². The predicted molar refractivity (Wildman–Crippen MR) is 88.9 cm³/mol.